The Labute approximate surface area is 142 Å². The number of esters is 1. The standard InChI is InChI=1S/C16H17N3O6/c1-10-5-13(18-25-10)17-14(20)9-24-16(22)11-6-15(21)19(7-11)8-12-3-2-4-23-12/h2-5,11H,6-9H2,1H3,(H,17,18,20)/t11-/m1/s1. The van der Waals surface area contributed by atoms with E-state index in [1.54, 1.807) is 25.1 Å². The van der Waals surface area contributed by atoms with Crippen molar-refractivity contribution >= 4 is 23.6 Å². The molecule has 0 saturated carbocycles. The zero-order chi connectivity index (χ0) is 17.8. The zero-order valence-corrected chi connectivity index (χ0v) is 13.6. The molecule has 0 bridgehead atoms. The maximum absolute atomic E-state index is 12.1. The predicted molar refractivity (Wildman–Crippen MR) is 83.1 cm³/mol. The molecule has 1 N–H and O–H groups in total. The van der Waals surface area contributed by atoms with Crippen LogP contribution in [-0.4, -0.2) is 41.0 Å². The molecule has 9 heteroatoms. The zero-order valence-electron chi connectivity index (χ0n) is 13.6. The van der Waals surface area contributed by atoms with Crippen LogP contribution in [0.15, 0.2) is 33.4 Å². The van der Waals surface area contributed by atoms with Crippen LogP contribution in [0.4, 0.5) is 5.82 Å². The number of nitrogens with one attached hydrogen (secondary N) is 1. The highest BCUT2D eigenvalue weighted by Crippen LogP contribution is 2.21. The van der Waals surface area contributed by atoms with Crippen molar-refractivity contribution in [2.45, 2.75) is 19.9 Å². The molecule has 3 rings (SSSR count). The SMILES string of the molecule is Cc1cc(NC(=O)COC(=O)[C@@H]2CC(=O)N(Cc3ccco3)C2)no1. The second kappa shape index (κ2) is 7.20. The summed E-state index contributed by atoms with van der Waals surface area (Å²) in [5.41, 5.74) is 0. The summed E-state index contributed by atoms with van der Waals surface area (Å²) in [4.78, 5) is 37.3. The van der Waals surface area contributed by atoms with Gasteiger partial charge in [-0.05, 0) is 19.1 Å². The van der Waals surface area contributed by atoms with E-state index in [-0.39, 0.29) is 24.7 Å². The van der Waals surface area contributed by atoms with Gasteiger partial charge in [-0.3, -0.25) is 14.4 Å². The van der Waals surface area contributed by atoms with Gasteiger partial charge in [-0.1, -0.05) is 5.16 Å². The summed E-state index contributed by atoms with van der Waals surface area (Å²) in [6, 6.07) is 5.04. The van der Waals surface area contributed by atoms with Gasteiger partial charge in [-0.25, -0.2) is 0 Å². The topological polar surface area (TPSA) is 115 Å². The number of ether oxygens (including phenoxy) is 1. The summed E-state index contributed by atoms with van der Waals surface area (Å²) in [6.45, 7) is 1.78. The van der Waals surface area contributed by atoms with Crippen molar-refractivity contribution in [3.05, 3.63) is 36.0 Å². The molecule has 2 aromatic rings. The number of carbonyl (C=O) groups is 3. The number of carbonyl (C=O) groups excluding carboxylic acids is 3. The van der Waals surface area contributed by atoms with Crippen molar-refractivity contribution in [2.24, 2.45) is 5.92 Å². The molecule has 0 unspecified atom stereocenters. The van der Waals surface area contributed by atoms with E-state index in [0.717, 1.165) is 0 Å². The van der Waals surface area contributed by atoms with E-state index in [0.29, 0.717) is 18.1 Å². The average Bonchev–Trinajstić information content (AvgIpc) is 3.29. The Bertz CT molecular complexity index is 767. The second-order valence-electron chi connectivity index (χ2n) is 5.73. The number of aryl methyl sites for hydroxylation is 1. The van der Waals surface area contributed by atoms with Gasteiger partial charge < -0.3 is 23.9 Å². The quantitative estimate of drug-likeness (QED) is 0.778. The molecule has 0 spiro atoms. The fourth-order valence-corrected chi connectivity index (χ4v) is 2.53. The molecule has 0 aromatic carbocycles. The lowest BCUT2D eigenvalue weighted by atomic mass is 10.1. The van der Waals surface area contributed by atoms with Crippen LogP contribution in [0.1, 0.15) is 17.9 Å². The molecular weight excluding hydrogens is 330 g/mol. The molecule has 0 aliphatic carbocycles. The fourth-order valence-electron chi connectivity index (χ4n) is 2.53. The molecule has 1 aliphatic rings. The van der Waals surface area contributed by atoms with E-state index < -0.39 is 24.4 Å². The van der Waals surface area contributed by atoms with Gasteiger partial charge in [0, 0.05) is 19.0 Å². The third-order valence-electron chi connectivity index (χ3n) is 3.72. The van der Waals surface area contributed by atoms with E-state index in [1.165, 1.54) is 11.2 Å². The molecule has 132 valence electrons. The number of hydrogen-bond acceptors (Lipinski definition) is 7. The minimum absolute atomic E-state index is 0.0592. The molecule has 25 heavy (non-hydrogen) atoms. The number of nitrogens with zero attached hydrogens (tertiary/aromatic N) is 2. The van der Waals surface area contributed by atoms with E-state index in [4.69, 9.17) is 13.7 Å². The number of likely N-dealkylation sites (tertiary alicyclic amines) is 1. The molecule has 2 amide bonds. The Morgan fingerprint density at radius 1 is 1.48 bits per heavy atom. The third-order valence-corrected chi connectivity index (χ3v) is 3.72. The first-order valence-corrected chi connectivity index (χ1v) is 7.71. The van der Waals surface area contributed by atoms with E-state index in [1.807, 2.05) is 0 Å². The van der Waals surface area contributed by atoms with Crippen molar-refractivity contribution in [1.82, 2.24) is 10.1 Å². The largest absolute Gasteiger partial charge is 0.467 e. The van der Waals surface area contributed by atoms with E-state index in [2.05, 4.69) is 10.5 Å². The van der Waals surface area contributed by atoms with Gasteiger partial charge in [0.15, 0.2) is 12.4 Å². The lowest BCUT2D eigenvalue weighted by Gasteiger charge is -2.14. The number of anilines is 1. The molecular formula is C16H17N3O6. The first kappa shape index (κ1) is 16.7. The van der Waals surface area contributed by atoms with Gasteiger partial charge in [0.2, 0.25) is 5.91 Å². The number of aromatic nitrogens is 1. The second-order valence-corrected chi connectivity index (χ2v) is 5.73. The van der Waals surface area contributed by atoms with Crippen LogP contribution in [0.2, 0.25) is 0 Å². The van der Waals surface area contributed by atoms with Gasteiger partial charge in [-0.2, -0.15) is 0 Å². The Balaban J connectivity index is 1.45. The van der Waals surface area contributed by atoms with Crippen LogP contribution in [0, 0.1) is 12.8 Å². The first-order chi connectivity index (χ1) is 12.0. The summed E-state index contributed by atoms with van der Waals surface area (Å²) in [5, 5.41) is 6.05. The van der Waals surface area contributed by atoms with Gasteiger partial charge >= 0.3 is 5.97 Å². The summed E-state index contributed by atoms with van der Waals surface area (Å²) in [6.07, 6.45) is 1.58. The Hall–Kier alpha value is -3.10. The first-order valence-electron chi connectivity index (χ1n) is 7.71. The maximum Gasteiger partial charge on any atom is 0.311 e. The monoisotopic (exact) mass is 347 g/mol. The van der Waals surface area contributed by atoms with Gasteiger partial charge in [-0.15, -0.1) is 0 Å². The van der Waals surface area contributed by atoms with Crippen molar-refractivity contribution in [1.29, 1.82) is 0 Å². The number of amides is 2. The van der Waals surface area contributed by atoms with Crippen LogP contribution in [-0.2, 0) is 25.7 Å². The highest BCUT2D eigenvalue weighted by molar-refractivity contribution is 5.93. The van der Waals surface area contributed by atoms with Gasteiger partial charge in [0.1, 0.15) is 11.5 Å². The number of hydrogen-bond donors (Lipinski definition) is 1. The van der Waals surface area contributed by atoms with Crippen molar-refractivity contribution in [3.63, 3.8) is 0 Å². The van der Waals surface area contributed by atoms with Crippen LogP contribution < -0.4 is 5.32 Å². The fraction of sp³-hybridized carbons (Fsp3) is 0.375. The van der Waals surface area contributed by atoms with E-state index >= 15 is 0 Å². The Morgan fingerprint density at radius 2 is 2.32 bits per heavy atom. The Morgan fingerprint density at radius 3 is 3.00 bits per heavy atom. The lowest BCUT2D eigenvalue weighted by Crippen LogP contribution is -2.28. The summed E-state index contributed by atoms with van der Waals surface area (Å²) in [7, 11) is 0. The lowest BCUT2D eigenvalue weighted by molar-refractivity contribution is -0.151. The average molecular weight is 347 g/mol. The molecule has 1 aliphatic heterocycles. The van der Waals surface area contributed by atoms with Gasteiger partial charge in [0.05, 0.1) is 18.7 Å². The summed E-state index contributed by atoms with van der Waals surface area (Å²) >= 11 is 0. The van der Waals surface area contributed by atoms with Crippen molar-refractivity contribution in [3.8, 4) is 0 Å². The Kier molecular flexibility index (Phi) is 4.82. The van der Waals surface area contributed by atoms with Crippen LogP contribution in [0.25, 0.3) is 0 Å². The van der Waals surface area contributed by atoms with E-state index in [9.17, 15) is 14.4 Å². The minimum Gasteiger partial charge on any atom is -0.467 e. The molecule has 0 radical (unpaired) electrons. The molecule has 1 saturated heterocycles. The van der Waals surface area contributed by atoms with Crippen molar-refractivity contribution < 1.29 is 28.1 Å². The van der Waals surface area contributed by atoms with Crippen LogP contribution in [0.5, 0.6) is 0 Å². The highest BCUT2D eigenvalue weighted by atomic mass is 16.5. The molecule has 1 fully saturated rings. The summed E-state index contributed by atoms with van der Waals surface area (Å²) < 4.78 is 15.0. The smallest absolute Gasteiger partial charge is 0.311 e. The van der Waals surface area contributed by atoms with Crippen molar-refractivity contribution in [2.75, 3.05) is 18.5 Å². The molecule has 1 atom stereocenters. The van der Waals surface area contributed by atoms with Crippen LogP contribution >= 0.6 is 0 Å². The number of furan rings is 1. The molecule has 3 heterocycles. The molecule has 2 aromatic heterocycles. The van der Waals surface area contributed by atoms with Crippen LogP contribution in [0.3, 0.4) is 0 Å². The number of rotatable bonds is 6. The normalized spacial score (nSPS) is 16.9. The summed E-state index contributed by atoms with van der Waals surface area (Å²) in [5.74, 6) is -0.414. The third kappa shape index (κ3) is 4.25. The minimum atomic E-state index is -0.593. The highest BCUT2D eigenvalue weighted by Gasteiger charge is 2.35. The van der Waals surface area contributed by atoms with Gasteiger partial charge in [0.25, 0.3) is 5.91 Å². The molecule has 9 nitrogen and oxygen atoms in total. The predicted octanol–water partition coefficient (Wildman–Crippen LogP) is 1.11. The maximum atomic E-state index is 12.1.